The normalized spacial score (nSPS) is 32.2. The molecule has 0 radical (unpaired) electrons. The SMILES string of the molecule is CCCCC1OCC(N)CO1. The second kappa shape index (κ2) is 4.70. The van der Waals surface area contributed by atoms with Crippen LogP contribution < -0.4 is 5.73 Å². The minimum absolute atomic E-state index is 0.00903. The molecule has 0 aromatic carbocycles. The van der Waals surface area contributed by atoms with E-state index in [0.29, 0.717) is 13.2 Å². The Bertz CT molecular complexity index is 97.5. The summed E-state index contributed by atoms with van der Waals surface area (Å²) in [5.74, 6) is 0. The Kier molecular flexibility index (Phi) is 3.83. The van der Waals surface area contributed by atoms with E-state index >= 15 is 0 Å². The van der Waals surface area contributed by atoms with Gasteiger partial charge in [0.2, 0.25) is 0 Å². The molecule has 2 N–H and O–H groups in total. The summed E-state index contributed by atoms with van der Waals surface area (Å²) in [5, 5.41) is 0. The molecule has 1 saturated heterocycles. The number of hydrogen-bond donors (Lipinski definition) is 1. The first-order valence-corrected chi connectivity index (χ1v) is 4.31. The minimum atomic E-state index is 0.00903. The molecule has 0 aromatic rings. The summed E-state index contributed by atoms with van der Waals surface area (Å²) in [6.07, 6.45) is 3.37. The lowest BCUT2D eigenvalue weighted by molar-refractivity contribution is -0.188. The van der Waals surface area contributed by atoms with Gasteiger partial charge in [0.15, 0.2) is 6.29 Å². The average Bonchev–Trinajstić information content (AvgIpc) is 2.04. The monoisotopic (exact) mass is 159 g/mol. The Morgan fingerprint density at radius 2 is 2.00 bits per heavy atom. The van der Waals surface area contributed by atoms with Crippen molar-refractivity contribution in [3.05, 3.63) is 0 Å². The van der Waals surface area contributed by atoms with Crippen molar-refractivity contribution in [1.29, 1.82) is 0 Å². The molecular formula is C8H17NO2. The van der Waals surface area contributed by atoms with Crippen LogP contribution in [-0.2, 0) is 9.47 Å². The lowest BCUT2D eigenvalue weighted by Gasteiger charge is -2.27. The van der Waals surface area contributed by atoms with Gasteiger partial charge in [0.05, 0.1) is 19.3 Å². The maximum atomic E-state index is 5.58. The van der Waals surface area contributed by atoms with Gasteiger partial charge in [-0.3, -0.25) is 0 Å². The number of hydrogen-bond acceptors (Lipinski definition) is 3. The van der Waals surface area contributed by atoms with E-state index in [-0.39, 0.29) is 12.3 Å². The highest BCUT2D eigenvalue weighted by Gasteiger charge is 2.18. The molecule has 1 aliphatic heterocycles. The zero-order chi connectivity index (χ0) is 8.10. The van der Waals surface area contributed by atoms with E-state index in [2.05, 4.69) is 6.92 Å². The predicted molar refractivity (Wildman–Crippen MR) is 43.2 cm³/mol. The van der Waals surface area contributed by atoms with Crippen LogP contribution in [0.2, 0.25) is 0 Å². The standard InChI is InChI=1S/C8H17NO2/c1-2-3-4-8-10-5-7(9)6-11-8/h7-8H,2-6,9H2,1H3. The zero-order valence-corrected chi connectivity index (χ0v) is 7.08. The van der Waals surface area contributed by atoms with Gasteiger partial charge >= 0.3 is 0 Å². The van der Waals surface area contributed by atoms with Crippen molar-refractivity contribution in [3.63, 3.8) is 0 Å². The molecule has 1 heterocycles. The molecule has 0 amide bonds. The lowest BCUT2D eigenvalue weighted by Crippen LogP contribution is -2.41. The molecule has 0 unspecified atom stereocenters. The van der Waals surface area contributed by atoms with E-state index in [1.807, 2.05) is 0 Å². The van der Waals surface area contributed by atoms with Gasteiger partial charge in [-0.15, -0.1) is 0 Å². The van der Waals surface area contributed by atoms with Crippen molar-refractivity contribution < 1.29 is 9.47 Å². The van der Waals surface area contributed by atoms with E-state index in [0.717, 1.165) is 6.42 Å². The Morgan fingerprint density at radius 3 is 2.55 bits per heavy atom. The van der Waals surface area contributed by atoms with Crippen molar-refractivity contribution in [1.82, 2.24) is 0 Å². The van der Waals surface area contributed by atoms with E-state index in [1.54, 1.807) is 0 Å². The Balaban J connectivity index is 2.07. The summed E-state index contributed by atoms with van der Waals surface area (Å²) in [4.78, 5) is 0. The highest BCUT2D eigenvalue weighted by atomic mass is 16.7. The van der Waals surface area contributed by atoms with Crippen LogP contribution in [0.4, 0.5) is 0 Å². The van der Waals surface area contributed by atoms with Crippen molar-refractivity contribution in [3.8, 4) is 0 Å². The predicted octanol–water partition coefficient (Wildman–Crippen LogP) is 0.877. The van der Waals surface area contributed by atoms with Gasteiger partial charge in [0.25, 0.3) is 0 Å². The molecule has 0 aromatic heterocycles. The molecule has 0 spiro atoms. The number of nitrogens with two attached hydrogens (primary N) is 1. The van der Waals surface area contributed by atoms with Crippen LogP contribution in [-0.4, -0.2) is 25.5 Å². The van der Waals surface area contributed by atoms with Crippen molar-refractivity contribution in [2.45, 2.75) is 38.5 Å². The molecule has 1 rings (SSSR count). The van der Waals surface area contributed by atoms with Crippen LogP contribution in [0.5, 0.6) is 0 Å². The molecule has 3 nitrogen and oxygen atoms in total. The van der Waals surface area contributed by atoms with Crippen molar-refractivity contribution in [2.75, 3.05) is 13.2 Å². The van der Waals surface area contributed by atoms with Crippen LogP contribution in [0.25, 0.3) is 0 Å². The largest absolute Gasteiger partial charge is 0.351 e. The third-order valence-electron chi connectivity index (χ3n) is 1.79. The molecule has 3 heteroatoms. The van der Waals surface area contributed by atoms with Crippen LogP contribution in [0.15, 0.2) is 0 Å². The first-order valence-electron chi connectivity index (χ1n) is 4.31. The number of rotatable bonds is 3. The summed E-state index contributed by atoms with van der Waals surface area (Å²) < 4.78 is 10.7. The van der Waals surface area contributed by atoms with E-state index in [4.69, 9.17) is 15.2 Å². The Morgan fingerprint density at radius 1 is 1.36 bits per heavy atom. The highest BCUT2D eigenvalue weighted by molar-refractivity contribution is 4.64. The molecule has 0 aliphatic carbocycles. The van der Waals surface area contributed by atoms with Gasteiger partial charge in [-0.05, 0) is 12.8 Å². The Labute approximate surface area is 67.9 Å². The quantitative estimate of drug-likeness (QED) is 0.664. The van der Waals surface area contributed by atoms with Crippen molar-refractivity contribution >= 4 is 0 Å². The van der Waals surface area contributed by atoms with Gasteiger partial charge in [-0.1, -0.05) is 13.3 Å². The second-order valence-corrected chi connectivity index (χ2v) is 3.00. The third-order valence-corrected chi connectivity index (χ3v) is 1.79. The zero-order valence-electron chi connectivity index (χ0n) is 7.08. The van der Waals surface area contributed by atoms with Gasteiger partial charge in [0, 0.05) is 0 Å². The Hall–Kier alpha value is -0.120. The van der Waals surface area contributed by atoms with Gasteiger partial charge < -0.3 is 15.2 Å². The molecule has 0 saturated carbocycles. The van der Waals surface area contributed by atoms with Gasteiger partial charge in [-0.2, -0.15) is 0 Å². The summed E-state index contributed by atoms with van der Waals surface area (Å²) in [7, 11) is 0. The smallest absolute Gasteiger partial charge is 0.157 e. The first-order chi connectivity index (χ1) is 5.33. The fourth-order valence-corrected chi connectivity index (χ4v) is 1.10. The van der Waals surface area contributed by atoms with Crippen LogP contribution in [0, 0.1) is 0 Å². The molecule has 11 heavy (non-hydrogen) atoms. The molecule has 66 valence electrons. The topological polar surface area (TPSA) is 44.5 Å². The summed E-state index contributed by atoms with van der Waals surface area (Å²) in [6.45, 7) is 3.46. The highest BCUT2D eigenvalue weighted by Crippen LogP contribution is 2.10. The summed E-state index contributed by atoms with van der Waals surface area (Å²) >= 11 is 0. The molecule has 1 aliphatic rings. The lowest BCUT2D eigenvalue weighted by atomic mass is 10.2. The fourth-order valence-electron chi connectivity index (χ4n) is 1.10. The van der Waals surface area contributed by atoms with E-state index in [1.165, 1.54) is 12.8 Å². The molecule has 0 atom stereocenters. The summed E-state index contributed by atoms with van der Waals surface area (Å²) in [5.41, 5.74) is 5.58. The fraction of sp³-hybridized carbons (Fsp3) is 1.00. The maximum absolute atomic E-state index is 5.58. The van der Waals surface area contributed by atoms with Gasteiger partial charge in [-0.25, -0.2) is 0 Å². The second-order valence-electron chi connectivity index (χ2n) is 3.00. The van der Waals surface area contributed by atoms with Crippen LogP contribution >= 0.6 is 0 Å². The number of ether oxygens (including phenoxy) is 2. The van der Waals surface area contributed by atoms with Crippen LogP contribution in [0.3, 0.4) is 0 Å². The molecule has 1 fully saturated rings. The maximum Gasteiger partial charge on any atom is 0.157 e. The molecule has 0 bridgehead atoms. The van der Waals surface area contributed by atoms with Gasteiger partial charge in [0.1, 0.15) is 0 Å². The van der Waals surface area contributed by atoms with E-state index < -0.39 is 0 Å². The minimum Gasteiger partial charge on any atom is -0.351 e. The average molecular weight is 159 g/mol. The third kappa shape index (κ3) is 3.18. The molecular weight excluding hydrogens is 142 g/mol. The van der Waals surface area contributed by atoms with Crippen LogP contribution in [0.1, 0.15) is 26.2 Å². The van der Waals surface area contributed by atoms with E-state index in [9.17, 15) is 0 Å². The summed E-state index contributed by atoms with van der Waals surface area (Å²) in [6, 6.07) is 0.0767. The first kappa shape index (κ1) is 8.97. The van der Waals surface area contributed by atoms with Crippen molar-refractivity contribution in [2.24, 2.45) is 5.73 Å². The number of unbranched alkanes of at least 4 members (excludes halogenated alkanes) is 1.